The highest BCUT2D eigenvalue weighted by Gasteiger charge is 1.99. The predicted molar refractivity (Wildman–Crippen MR) is 82.3 cm³/mol. The molecule has 0 amide bonds. The largest absolute Gasteiger partial charge is 0.389 e. The van der Waals surface area contributed by atoms with E-state index in [4.69, 9.17) is 0 Å². The number of aliphatic hydroxyl groups is 1. The molecule has 0 aromatic rings. The SMILES string of the molecule is CCCCCCCCCCCC(O)C=CCC(C)=O. The molecule has 0 saturated heterocycles. The first kappa shape index (κ1) is 18.4. The first-order chi connectivity index (χ1) is 9.16. The standard InChI is InChI=1S/C17H32O2/c1-3-4-5-6-7-8-9-10-11-14-17(19)15-12-13-16(2)18/h12,15,17,19H,3-11,13-14H2,1-2H3. The second-order valence-electron chi connectivity index (χ2n) is 5.52. The van der Waals surface area contributed by atoms with Crippen LogP contribution in [-0.4, -0.2) is 17.0 Å². The van der Waals surface area contributed by atoms with Crippen molar-refractivity contribution in [2.45, 2.75) is 90.6 Å². The van der Waals surface area contributed by atoms with Gasteiger partial charge in [0.05, 0.1) is 6.10 Å². The van der Waals surface area contributed by atoms with Crippen molar-refractivity contribution in [3.8, 4) is 0 Å². The molecule has 0 saturated carbocycles. The third-order valence-electron chi connectivity index (χ3n) is 3.37. The van der Waals surface area contributed by atoms with Gasteiger partial charge in [-0.1, -0.05) is 76.9 Å². The Balaban J connectivity index is 3.25. The summed E-state index contributed by atoms with van der Waals surface area (Å²) in [4.78, 5) is 10.7. The van der Waals surface area contributed by atoms with Gasteiger partial charge in [-0.05, 0) is 13.3 Å². The minimum absolute atomic E-state index is 0.145. The number of unbranched alkanes of at least 4 members (excludes halogenated alkanes) is 8. The fraction of sp³-hybridized carbons (Fsp3) is 0.824. The number of rotatable bonds is 13. The fourth-order valence-electron chi connectivity index (χ4n) is 2.15. The van der Waals surface area contributed by atoms with Crippen molar-refractivity contribution in [3.05, 3.63) is 12.2 Å². The number of allylic oxidation sites excluding steroid dienone is 1. The summed E-state index contributed by atoms with van der Waals surface area (Å²) >= 11 is 0. The molecule has 0 aromatic carbocycles. The molecular weight excluding hydrogens is 236 g/mol. The van der Waals surface area contributed by atoms with Crippen molar-refractivity contribution >= 4 is 5.78 Å². The second kappa shape index (κ2) is 13.8. The summed E-state index contributed by atoms with van der Waals surface area (Å²) in [5.41, 5.74) is 0. The summed E-state index contributed by atoms with van der Waals surface area (Å²) in [7, 11) is 0. The Kier molecular flexibility index (Phi) is 13.3. The number of Topliss-reactive ketones (excluding diaryl/α,β-unsaturated/α-hetero) is 1. The van der Waals surface area contributed by atoms with Gasteiger partial charge < -0.3 is 5.11 Å². The van der Waals surface area contributed by atoms with Crippen LogP contribution < -0.4 is 0 Å². The molecule has 0 rings (SSSR count). The Hall–Kier alpha value is -0.630. The van der Waals surface area contributed by atoms with Gasteiger partial charge in [0.2, 0.25) is 0 Å². The molecule has 0 bridgehead atoms. The van der Waals surface area contributed by atoms with Gasteiger partial charge in [-0.2, -0.15) is 0 Å². The summed E-state index contributed by atoms with van der Waals surface area (Å²) in [5, 5.41) is 9.66. The van der Waals surface area contributed by atoms with Crippen LogP contribution in [-0.2, 0) is 4.79 Å². The predicted octanol–water partition coefficient (Wildman–Crippen LogP) is 4.80. The van der Waals surface area contributed by atoms with Gasteiger partial charge in [0.15, 0.2) is 0 Å². The molecule has 0 radical (unpaired) electrons. The maximum atomic E-state index is 10.7. The normalized spacial score (nSPS) is 13.0. The fourth-order valence-corrected chi connectivity index (χ4v) is 2.15. The van der Waals surface area contributed by atoms with E-state index in [2.05, 4.69) is 6.92 Å². The van der Waals surface area contributed by atoms with E-state index in [1.54, 1.807) is 19.1 Å². The average Bonchev–Trinajstić information content (AvgIpc) is 2.36. The lowest BCUT2D eigenvalue weighted by Gasteiger charge is -2.05. The summed E-state index contributed by atoms with van der Waals surface area (Å²) in [6.07, 6.45) is 16.2. The Morgan fingerprint density at radius 2 is 1.53 bits per heavy atom. The first-order valence-corrected chi connectivity index (χ1v) is 8.01. The van der Waals surface area contributed by atoms with Crippen LogP contribution in [0, 0.1) is 0 Å². The topological polar surface area (TPSA) is 37.3 Å². The van der Waals surface area contributed by atoms with Crippen molar-refractivity contribution in [1.29, 1.82) is 0 Å². The second-order valence-corrected chi connectivity index (χ2v) is 5.52. The van der Waals surface area contributed by atoms with E-state index in [-0.39, 0.29) is 11.9 Å². The monoisotopic (exact) mass is 268 g/mol. The lowest BCUT2D eigenvalue weighted by Crippen LogP contribution is -2.01. The quantitative estimate of drug-likeness (QED) is 0.385. The van der Waals surface area contributed by atoms with E-state index in [0.717, 1.165) is 12.8 Å². The molecule has 0 fully saturated rings. The van der Waals surface area contributed by atoms with Crippen molar-refractivity contribution in [2.24, 2.45) is 0 Å². The molecule has 19 heavy (non-hydrogen) atoms. The molecule has 1 atom stereocenters. The van der Waals surface area contributed by atoms with Gasteiger partial charge in [-0.25, -0.2) is 0 Å². The number of hydrogen-bond donors (Lipinski definition) is 1. The average molecular weight is 268 g/mol. The molecule has 2 nitrogen and oxygen atoms in total. The van der Waals surface area contributed by atoms with Crippen LogP contribution >= 0.6 is 0 Å². The van der Waals surface area contributed by atoms with Gasteiger partial charge in [-0.3, -0.25) is 4.79 Å². The Bertz CT molecular complexity index is 233. The number of ketones is 1. The molecule has 0 aliphatic carbocycles. The van der Waals surface area contributed by atoms with Crippen molar-refractivity contribution < 1.29 is 9.90 Å². The zero-order valence-corrected chi connectivity index (χ0v) is 12.9. The maximum Gasteiger partial charge on any atom is 0.133 e. The van der Waals surface area contributed by atoms with E-state index in [0.29, 0.717) is 6.42 Å². The first-order valence-electron chi connectivity index (χ1n) is 8.01. The lowest BCUT2D eigenvalue weighted by atomic mass is 10.0. The summed E-state index contributed by atoms with van der Waals surface area (Å²) in [6.45, 7) is 3.81. The Labute approximate surface area is 119 Å². The minimum Gasteiger partial charge on any atom is -0.389 e. The third-order valence-corrected chi connectivity index (χ3v) is 3.37. The van der Waals surface area contributed by atoms with E-state index in [1.165, 1.54) is 51.4 Å². The van der Waals surface area contributed by atoms with Crippen LogP contribution in [0.3, 0.4) is 0 Å². The molecule has 0 aliphatic heterocycles. The number of hydrogen-bond acceptors (Lipinski definition) is 2. The van der Waals surface area contributed by atoms with Crippen LogP contribution in [0.1, 0.15) is 84.5 Å². The molecule has 1 N–H and O–H groups in total. The number of carbonyl (C=O) groups excluding carboxylic acids is 1. The Morgan fingerprint density at radius 3 is 2.05 bits per heavy atom. The van der Waals surface area contributed by atoms with Gasteiger partial charge in [0, 0.05) is 6.42 Å². The highest BCUT2D eigenvalue weighted by molar-refractivity contribution is 5.76. The highest BCUT2D eigenvalue weighted by Crippen LogP contribution is 2.11. The Morgan fingerprint density at radius 1 is 1.00 bits per heavy atom. The molecule has 0 spiro atoms. The van der Waals surface area contributed by atoms with Crippen LogP contribution in [0.25, 0.3) is 0 Å². The maximum absolute atomic E-state index is 10.7. The van der Waals surface area contributed by atoms with Gasteiger partial charge in [-0.15, -0.1) is 0 Å². The summed E-state index contributed by atoms with van der Waals surface area (Å²) in [5.74, 6) is 0.145. The smallest absolute Gasteiger partial charge is 0.133 e. The highest BCUT2D eigenvalue weighted by atomic mass is 16.3. The molecule has 0 heterocycles. The van der Waals surface area contributed by atoms with E-state index in [9.17, 15) is 9.90 Å². The minimum atomic E-state index is -0.371. The number of carbonyl (C=O) groups is 1. The molecule has 0 aromatic heterocycles. The van der Waals surface area contributed by atoms with Crippen molar-refractivity contribution in [3.63, 3.8) is 0 Å². The van der Waals surface area contributed by atoms with Gasteiger partial charge in [0.1, 0.15) is 5.78 Å². The molecule has 1 unspecified atom stereocenters. The van der Waals surface area contributed by atoms with Crippen LogP contribution in [0.5, 0.6) is 0 Å². The molecule has 0 aliphatic rings. The van der Waals surface area contributed by atoms with Gasteiger partial charge >= 0.3 is 0 Å². The lowest BCUT2D eigenvalue weighted by molar-refractivity contribution is -0.116. The van der Waals surface area contributed by atoms with E-state index in [1.807, 2.05) is 0 Å². The zero-order valence-electron chi connectivity index (χ0n) is 12.9. The molecular formula is C17H32O2. The summed E-state index contributed by atoms with van der Waals surface area (Å²) in [6, 6.07) is 0. The third kappa shape index (κ3) is 15.3. The van der Waals surface area contributed by atoms with Crippen LogP contribution in [0.15, 0.2) is 12.2 Å². The van der Waals surface area contributed by atoms with Crippen LogP contribution in [0.2, 0.25) is 0 Å². The van der Waals surface area contributed by atoms with Crippen LogP contribution in [0.4, 0.5) is 0 Å². The van der Waals surface area contributed by atoms with Gasteiger partial charge in [0.25, 0.3) is 0 Å². The summed E-state index contributed by atoms with van der Waals surface area (Å²) < 4.78 is 0. The zero-order chi connectivity index (χ0) is 14.3. The molecule has 112 valence electrons. The van der Waals surface area contributed by atoms with E-state index < -0.39 is 0 Å². The molecule has 2 heteroatoms. The van der Waals surface area contributed by atoms with E-state index >= 15 is 0 Å². The van der Waals surface area contributed by atoms with Crippen molar-refractivity contribution in [1.82, 2.24) is 0 Å². The number of aliphatic hydroxyl groups excluding tert-OH is 1. The van der Waals surface area contributed by atoms with Crippen molar-refractivity contribution in [2.75, 3.05) is 0 Å².